The zero-order valence-corrected chi connectivity index (χ0v) is 21.3. The Bertz CT molecular complexity index is 1250. The molecule has 3 aromatic carbocycles. The second-order valence-electron chi connectivity index (χ2n) is 6.90. The first-order valence-corrected chi connectivity index (χ1v) is 12.1. The third kappa shape index (κ3) is 6.04. The topological polar surface area (TPSA) is 59.9 Å². The molecule has 0 unspecified atom stereocenters. The second-order valence-corrected chi connectivity index (χ2v) is 9.70. The summed E-state index contributed by atoms with van der Waals surface area (Å²) in [4.78, 5) is 17.3. The predicted molar refractivity (Wildman–Crippen MR) is 136 cm³/mol. The highest BCUT2D eigenvalue weighted by molar-refractivity contribution is 9.10. The summed E-state index contributed by atoms with van der Waals surface area (Å²) in [5, 5.41) is 3.15. The Morgan fingerprint density at radius 3 is 2.48 bits per heavy atom. The lowest BCUT2D eigenvalue weighted by molar-refractivity contribution is -0.115. The number of hydrogen-bond acceptors (Lipinski definition) is 5. The van der Waals surface area contributed by atoms with Gasteiger partial charge in [0.25, 0.3) is 5.91 Å². The van der Waals surface area contributed by atoms with Gasteiger partial charge in [-0.2, -0.15) is 0 Å². The van der Waals surface area contributed by atoms with Gasteiger partial charge in [0.15, 0.2) is 16.7 Å². The maximum atomic E-state index is 13.1. The molecule has 1 N–H and O–H groups in total. The van der Waals surface area contributed by atoms with Gasteiger partial charge < -0.3 is 14.8 Å². The first kappa shape index (κ1) is 23.5. The number of ether oxygens (including phenoxy) is 2. The molecule has 0 spiro atoms. The molecule has 1 amide bonds. The molecule has 3 aromatic rings. The number of methoxy groups -OCH3 is 1. The van der Waals surface area contributed by atoms with Gasteiger partial charge in [-0.15, -0.1) is 0 Å². The summed E-state index contributed by atoms with van der Waals surface area (Å²) in [6, 6.07) is 17.2. The lowest BCUT2D eigenvalue weighted by Gasteiger charge is -2.13. The van der Waals surface area contributed by atoms with Gasteiger partial charge in [-0.25, -0.2) is 9.38 Å². The van der Waals surface area contributed by atoms with Gasteiger partial charge >= 0.3 is 0 Å². The number of nitrogens with zero attached hydrogens (tertiary/aromatic N) is 1. The first-order chi connectivity index (χ1) is 15.9. The molecule has 0 aromatic heterocycles. The Morgan fingerprint density at radius 1 is 1.06 bits per heavy atom. The second kappa shape index (κ2) is 10.5. The van der Waals surface area contributed by atoms with Crippen molar-refractivity contribution in [2.24, 2.45) is 4.99 Å². The fourth-order valence-electron chi connectivity index (χ4n) is 2.93. The highest BCUT2D eigenvalue weighted by Crippen LogP contribution is 2.37. The average Bonchev–Trinajstić information content (AvgIpc) is 3.14. The van der Waals surface area contributed by atoms with Gasteiger partial charge in [0.1, 0.15) is 12.4 Å². The maximum absolute atomic E-state index is 13.1. The van der Waals surface area contributed by atoms with Crippen LogP contribution in [0.15, 0.2) is 79.5 Å². The molecule has 1 saturated heterocycles. The number of amidine groups is 1. The quantitative estimate of drug-likeness (QED) is 0.319. The number of halogens is 3. The molecule has 1 heterocycles. The molecule has 9 heteroatoms. The summed E-state index contributed by atoms with van der Waals surface area (Å²) in [7, 11) is 1.57. The lowest BCUT2D eigenvalue weighted by Crippen LogP contribution is -2.19. The minimum absolute atomic E-state index is 0.262. The van der Waals surface area contributed by atoms with E-state index in [1.165, 1.54) is 23.9 Å². The molecule has 0 bridgehead atoms. The Morgan fingerprint density at radius 2 is 1.79 bits per heavy atom. The van der Waals surface area contributed by atoms with E-state index in [4.69, 9.17) is 9.47 Å². The average molecular weight is 592 g/mol. The van der Waals surface area contributed by atoms with Crippen LogP contribution in [0.5, 0.6) is 11.5 Å². The van der Waals surface area contributed by atoms with Crippen molar-refractivity contribution in [1.82, 2.24) is 5.32 Å². The fraction of sp³-hybridized carbons (Fsp3) is 0.0833. The standard InChI is InChI=1S/C24H17Br2FN2O3S/c1-31-20-10-15(19(26)12-21(20)32-13-14-2-4-16(25)5-3-14)11-22-23(30)29-24(33-22)28-18-8-6-17(27)7-9-18/h2-12H,13H2,1H3,(H,28,29,30)/b22-11+. The molecule has 4 rings (SSSR count). The third-order valence-corrected chi connectivity index (χ3v) is 6.71. The summed E-state index contributed by atoms with van der Waals surface area (Å²) in [5.41, 5.74) is 2.33. The van der Waals surface area contributed by atoms with Crippen LogP contribution in [-0.4, -0.2) is 18.2 Å². The van der Waals surface area contributed by atoms with E-state index in [0.29, 0.717) is 33.9 Å². The first-order valence-electron chi connectivity index (χ1n) is 9.71. The number of carbonyl (C=O) groups excluding carboxylic acids is 1. The summed E-state index contributed by atoms with van der Waals surface area (Å²) < 4.78 is 26.3. The molecule has 0 aliphatic carbocycles. The minimum atomic E-state index is -0.342. The van der Waals surface area contributed by atoms with Gasteiger partial charge in [0, 0.05) is 8.95 Å². The van der Waals surface area contributed by atoms with Crippen LogP contribution in [-0.2, 0) is 11.4 Å². The molecule has 168 valence electrons. The Labute approximate surface area is 211 Å². The van der Waals surface area contributed by atoms with Crippen molar-refractivity contribution in [2.45, 2.75) is 6.61 Å². The zero-order valence-electron chi connectivity index (χ0n) is 17.3. The van der Waals surface area contributed by atoms with Crippen molar-refractivity contribution in [2.75, 3.05) is 7.11 Å². The van der Waals surface area contributed by atoms with Crippen molar-refractivity contribution in [3.05, 3.63) is 91.5 Å². The van der Waals surface area contributed by atoms with Crippen LogP contribution in [0.4, 0.5) is 10.1 Å². The van der Waals surface area contributed by atoms with Crippen LogP contribution >= 0.6 is 43.6 Å². The molecule has 1 aliphatic heterocycles. The van der Waals surface area contributed by atoms with Crippen LogP contribution in [0.25, 0.3) is 6.08 Å². The maximum Gasteiger partial charge on any atom is 0.264 e. The van der Waals surface area contributed by atoms with Crippen molar-refractivity contribution < 1.29 is 18.7 Å². The smallest absolute Gasteiger partial charge is 0.264 e. The summed E-state index contributed by atoms with van der Waals surface area (Å²) in [5.74, 6) is 0.523. The number of thioether (sulfide) groups is 1. The molecule has 0 atom stereocenters. The largest absolute Gasteiger partial charge is 0.493 e. The van der Waals surface area contributed by atoms with E-state index in [0.717, 1.165) is 20.1 Å². The molecule has 0 radical (unpaired) electrons. The monoisotopic (exact) mass is 590 g/mol. The zero-order chi connectivity index (χ0) is 23.4. The number of carbonyl (C=O) groups is 1. The number of nitrogens with one attached hydrogen (secondary N) is 1. The fourth-order valence-corrected chi connectivity index (χ4v) is 4.46. The highest BCUT2D eigenvalue weighted by Gasteiger charge is 2.24. The molecule has 1 aliphatic rings. The summed E-state index contributed by atoms with van der Waals surface area (Å²) in [6.07, 6.45) is 1.75. The Balaban J connectivity index is 1.53. The van der Waals surface area contributed by atoms with E-state index >= 15 is 0 Å². The van der Waals surface area contributed by atoms with Crippen LogP contribution in [0.2, 0.25) is 0 Å². The van der Waals surface area contributed by atoms with Crippen LogP contribution in [0, 0.1) is 5.82 Å². The molecular formula is C24H17Br2FN2O3S. The Hall–Kier alpha value is -2.62. The number of amides is 1. The molecular weight excluding hydrogens is 575 g/mol. The SMILES string of the molecule is COc1cc(/C=C2/SC(=Nc3ccc(F)cc3)NC2=O)c(Br)cc1OCc1ccc(Br)cc1. The Kier molecular flexibility index (Phi) is 7.52. The highest BCUT2D eigenvalue weighted by atomic mass is 79.9. The van der Waals surface area contributed by atoms with Crippen molar-refractivity contribution in [3.8, 4) is 11.5 Å². The van der Waals surface area contributed by atoms with E-state index in [9.17, 15) is 9.18 Å². The van der Waals surface area contributed by atoms with E-state index in [2.05, 4.69) is 42.2 Å². The molecule has 33 heavy (non-hydrogen) atoms. The molecule has 5 nitrogen and oxygen atoms in total. The predicted octanol–water partition coefficient (Wildman–Crippen LogP) is 6.83. The van der Waals surface area contributed by atoms with Crippen LogP contribution < -0.4 is 14.8 Å². The van der Waals surface area contributed by atoms with Crippen molar-refractivity contribution in [1.29, 1.82) is 0 Å². The normalized spacial score (nSPS) is 15.7. The number of rotatable bonds is 6. The lowest BCUT2D eigenvalue weighted by atomic mass is 10.2. The summed E-state index contributed by atoms with van der Waals surface area (Å²) in [6.45, 7) is 0.387. The van der Waals surface area contributed by atoms with Gasteiger partial charge in [0.05, 0.1) is 17.7 Å². The number of benzene rings is 3. The van der Waals surface area contributed by atoms with Crippen LogP contribution in [0.1, 0.15) is 11.1 Å². The van der Waals surface area contributed by atoms with Gasteiger partial charge in [-0.3, -0.25) is 4.79 Å². The van der Waals surface area contributed by atoms with Crippen molar-refractivity contribution >= 4 is 66.5 Å². The van der Waals surface area contributed by atoms with E-state index in [1.54, 1.807) is 31.4 Å². The van der Waals surface area contributed by atoms with Gasteiger partial charge in [0.2, 0.25) is 0 Å². The van der Waals surface area contributed by atoms with Crippen molar-refractivity contribution in [3.63, 3.8) is 0 Å². The van der Waals surface area contributed by atoms with Crippen LogP contribution in [0.3, 0.4) is 0 Å². The molecule has 1 fully saturated rings. The number of hydrogen-bond donors (Lipinski definition) is 1. The third-order valence-electron chi connectivity index (χ3n) is 4.59. The number of aliphatic imine (C=N–C) groups is 1. The van der Waals surface area contributed by atoms with E-state index in [1.807, 2.05) is 30.3 Å². The molecule has 0 saturated carbocycles. The minimum Gasteiger partial charge on any atom is -0.493 e. The summed E-state index contributed by atoms with van der Waals surface area (Å²) >= 11 is 8.18. The van der Waals surface area contributed by atoms with Gasteiger partial charge in [-0.1, -0.05) is 44.0 Å². The van der Waals surface area contributed by atoms with E-state index in [-0.39, 0.29) is 11.7 Å². The van der Waals surface area contributed by atoms with E-state index < -0.39 is 0 Å². The van der Waals surface area contributed by atoms with Gasteiger partial charge in [-0.05, 0) is 77.5 Å².